The average molecular weight is 459 g/mol. The Morgan fingerprint density at radius 3 is 2.48 bits per heavy atom. The third kappa shape index (κ3) is 5.31. The van der Waals surface area contributed by atoms with Gasteiger partial charge in [-0.3, -0.25) is 4.79 Å². The largest absolute Gasteiger partial charge is 0.345 e. The van der Waals surface area contributed by atoms with E-state index in [4.69, 9.17) is 23.2 Å². The minimum absolute atomic E-state index is 0.0666. The van der Waals surface area contributed by atoms with Crippen LogP contribution in [-0.2, 0) is 13.1 Å². The van der Waals surface area contributed by atoms with E-state index in [0.717, 1.165) is 36.9 Å². The smallest absolute Gasteiger partial charge is 0.255 e. The van der Waals surface area contributed by atoms with Crippen molar-refractivity contribution in [1.29, 1.82) is 0 Å². The lowest BCUT2D eigenvalue weighted by Gasteiger charge is -2.35. The van der Waals surface area contributed by atoms with Crippen LogP contribution in [0.4, 0.5) is 4.39 Å². The van der Waals surface area contributed by atoms with Crippen molar-refractivity contribution < 1.29 is 9.18 Å². The number of aromatic nitrogens is 1. The molecule has 0 saturated heterocycles. The second-order valence-electron chi connectivity index (χ2n) is 8.10. The van der Waals surface area contributed by atoms with Gasteiger partial charge < -0.3 is 9.47 Å². The first-order chi connectivity index (χ1) is 15.0. The Balaban J connectivity index is 1.60. The summed E-state index contributed by atoms with van der Waals surface area (Å²) in [5.41, 5.74) is 2.52. The van der Waals surface area contributed by atoms with Crippen molar-refractivity contribution in [3.05, 3.63) is 93.5 Å². The van der Waals surface area contributed by atoms with E-state index in [9.17, 15) is 9.18 Å². The molecule has 0 spiro atoms. The van der Waals surface area contributed by atoms with Crippen molar-refractivity contribution in [2.45, 2.75) is 51.2 Å². The van der Waals surface area contributed by atoms with E-state index in [2.05, 4.69) is 4.57 Å². The van der Waals surface area contributed by atoms with E-state index in [0.29, 0.717) is 28.7 Å². The summed E-state index contributed by atoms with van der Waals surface area (Å²) >= 11 is 12.4. The average Bonchev–Trinajstić information content (AvgIpc) is 3.20. The molecule has 1 heterocycles. The van der Waals surface area contributed by atoms with Crippen molar-refractivity contribution in [2.75, 3.05) is 0 Å². The van der Waals surface area contributed by atoms with E-state index in [1.54, 1.807) is 30.3 Å². The Labute approximate surface area is 192 Å². The van der Waals surface area contributed by atoms with Crippen LogP contribution in [-0.4, -0.2) is 21.4 Å². The van der Waals surface area contributed by atoms with Gasteiger partial charge in [0, 0.05) is 29.5 Å². The zero-order chi connectivity index (χ0) is 21.8. The summed E-state index contributed by atoms with van der Waals surface area (Å²) in [4.78, 5) is 15.5. The van der Waals surface area contributed by atoms with E-state index in [-0.39, 0.29) is 17.8 Å². The zero-order valence-electron chi connectivity index (χ0n) is 17.2. The SMILES string of the molecule is O=C(c1ccc(Cl)cc1Cl)N(Cc1cccn1Cc1ccc(F)cc1)C1CCCCC1. The van der Waals surface area contributed by atoms with Gasteiger partial charge in [-0.05, 0) is 60.9 Å². The number of nitrogens with zero attached hydrogens (tertiary/aromatic N) is 2. The highest BCUT2D eigenvalue weighted by atomic mass is 35.5. The molecule has 1 aliphatic rings. The summed E-state index contributed by atoms with van der Waals surface area (Å²) in [6, 6.07) is 15.8. The highest BCUT2D eigenvalue weighted by Gasteiger charge is 2.28. The summed E-state index contributed by atoms with van der Waals surface area (Å²) in [6.07, 6.45) is 7.45. The molecule has 0 unspecified atom stereocenters. The van der Waals surface area contributed by atoms with Gasteiger partial charge in [-0.25, -0.2) is 4.39 Å². The summed E-state index contributed by atoms with van der Waals surface area (Å²) < 4.78 is 15.4. The highest BCUT2D eigenvalue weighted by molar-refractivity contribution is 6.36. The van der Waals surface area contributed by atoms with Crippen LogP contribution in [0, 0.1) is 5.82 Å². The standard InChI is InChI=1S/C25H25Cl2FN2O/c26-19-10-13-23(24(27)15-19)25(31)30(21-5-2-1-3-6-21)17-22-7-4-14-29(22)16-18-8-11-20(28)12-9-18/h4,7-15,21H,1-3,5-6,16-17H2. The van der Waals surface area contributed by atoms with Crippen molar-refractivity contribution in [1.82, 2.24) is 9.47 Å². The van der Waals surface area contributed by atoms with Gasteiger partial charge in [0.2, 0.25) is 0 Å². The maximum absolute atomic E-state index is 13.6. The lowest BCUT2D eigenvalue weighted by Crippen LogP contribution is -2.41. The van der Waals surface area contributed by atoms with Crippen LogP contribution in [0.1, 0.15) is 53.7 Å². The maximum Gasteiger partial charge on any atom is 0.255 e. The fourth-order valence-corrected chi connectivity index (χ4v) is 4.77. The molecule has 162 valence electrons. The number of carbonyl (C=O) groups is 1. The van der Waals surface area contributed by atoms with E-state index >= 15 is 0 Å². The molecule has 1 amide bonds. The number of rotatable bonds is 6. The molecule has 31 heavy (non-hydrogen) atoms. The fourth-order valence-electron chi connectivity index (χ4n) is 4.29. The molecular weight excluding hydrogens is 434 g/mol. The van der Waals surface area contributed by atoms with Crippen LogP contribution in [0.3, 0.4) is 0 Å². The van der Waals surface area contributed by atoms with Gasteiger partial charge in [-0.2, -0.15) is 0 Å². The Bertz CT molecular complexity index is 1040. The van der Waals surface area contributed by atoms with Gasteiger partial charge in [-0.1, -0.05) is 54.6 Å². The molecule has 1 fully saturated rings. The molecule has 0 radical (unpaired) electrons. The van der Waals surface area contributed by atoms with E-state index < -0.39 is 0 Å². The van der Waals surface area contributed by atoms with Crippen molar-refractivity contribution >= 4 is 29.1 Å². The molecule has 1 aromatic heterocycles. The molecule has 0 N–H and O–H groups in total. The summed E-state index contributed by atoms with van der Waals surface area (Å²) in [6.45, 7) is 1.12. The second kappa shape index (κ2) is 9.88. The lowest BCUT2D eigenvalue weighted by molar-refractivity contribution is 0.0609. The summed E-state index contributed by atoms with van der Waals surface area (Å²) in [5, 5.41) is 0.888. The summed E-state index contributed by atoms with van der Waals surface area (Å²) in [5.74, 6) is -0.312. The molecule has 3 nitrogen and oxygen atoms in total. The number of halogens is 3. The predicted molar refractivity (Wildman–Crippen MR) is 123 cm³/mol. The minimum Gasteiger partial charge on any atom is -0.345 e. The molecule has 3 aromatic rings. The van der Waals surface area contributed by atoms with Crippen LogP contribution >= 0.6 is 23.2 Å². The molecule has 1 aliphatic carbocycles. The van der Waals surface area contributed by atoms with Crippen LogP contribution in [0.25, 0.3) is 0 Å². The second-order valence-corrected chi connectivity index (χ2v) is 8.95. The first-order valence-corrected chi connectivity index (χ1v) is 11.4. The highest BCUT2D eigenvalue weighted by Crippen LogP contribution is 2.29. The maximum atomic E-state index is 13.6. The minimum atomic E-state index is -0.245. The molecular formula is C25H25Cl2FN2O. The predicted octanol–water partition coefficient (Wildman–Crippen LogP) is 6.96. The van der Waals surface area contributed by atoms with Crippen molar-refractivity contribution in [2.24, 2.45) is 0 Å². The van der Waals surface area contributed by atoms with Crippen LogP contribution < -0.4 is 0 Å². The van der Waals surface area contributed by atoms with Crippen molar-refractivity contribution in [3.63, 3.8) is 0 Å². The Kier molecular flexibility index (Phi) is 6.99. The van der Waals surface area contributed by atoms with Gasteiger partial charge in [0.1, 0.15) is 5.82 Å². The van der Waals surface area contributed by atoms with Crippen LogP contribution in [0.15, 0.2) is 60.8 Å². The first-order valence-electron chi connectivity index (χ1n) is 10.7. The first kappa shape index (κ1) is 21.9. The van der Waals surface area contributed by atoms with E-state index in [1.807, 2.05) is 23.2 Å². The number of amides is 1. The molecule has 0 atom stereocenters. The molecule has 2 aromatic carbocycles. The molecule has 0 bridgehead atoms. The normalized spacial score (nSPS) is 14.5. The van der Waals surface area contributed by atoms with Gasteiger partial charge in [-0.15, -0.1) is 0 Å². The third-order valence-corrected chi connectivity index (χ3v) is 6.51. The topological polar surface area (TPSA) is 25.2 Å². The molecule has 0 aliphatic heterocycles. The zero-order valence-corrected chi connectivity index (χ0v) is 18.7. The summed E-state index contributed by atoms with van der Waals surface area (Å²) in [7, 11) is 0. The van der Waals surface area contributed by atoms with Crippen LogP contribution in [0.5, 0.6) is 0 Å². The number of carbonyl (C=O) groups excluding carboxylic acids is 1. The van der Waals surface area contributed by atoms with Gasteiger partial charge in [0.15, 0.2) is 0 Å². The Morgan fingerprint density at radius 2 is 1.77 bits per heavy atom. The number of hydrogen-bond acceptors (Lipinski definition) is 1. The molecule has 4 rings (SSSR count). The fraction of sp³-hybridized carbons (Fsp3) is 0.320. The van der Waals surface area contributed by atoms with Gasteiger partial charge in [0.25, 0.3) is 5.91 Å². The van der Waals surface area contributed by atoms with Crippen molar-refractivity contribution in [3.8, 4) is 0 Å². The molecule has 6 heteroatoms. The molecule has 1 saturated carbocycles. The van der Waals surface area contributed by atoms with Gasteiger partial charge in [0.05, 0.1) is 17.1 Å². The Hall–Kier alpha value is -2.30. The van der Waals surface area contributed by atoms with Crippen LogP contribution in [0.2, 0.25) is 10.0 Å². The quantitative estimate of drug-likeness (QED) is 0.391. The number of benzene rings is 2. The van der Waals surface area contributed by atoms with Gasteiger partial charge >= 0.3 is 0 Å². The van der Waals surface area contributed by atoms with E-state index in [1.165, 1.54) is 18.6 Å². The third-order valence-electron chi connectivity index (χ3n) is 5.96. The number of hydrogen-bond donors (Lipinski definition) is 0. The lowest BCUT2D eigenvalue weighted by atomic mass is 9.93. The monoisotopic (exact) mass is 458 g/mol. The Morgan fingerprint density at radius 1 is 1.03 bits per heavy atom.